The van der Waals surface area contributed by atoms with Crippen LogP contribution in [0, 0.1) is 0 Å². The quantitative estimate of drug-likeness (QED) is 0.194. The maximum absolute atomic E-state index is 13.0. The molecule has 4 N–H and O–H groups in total. The molecule has 10 heteroatoms. The van der Waals surface area contributed by atoms with Crippen LogP contribution in [0.1, 0.15) is 39.5 Å². The van der Waals surface area contributed by atoms with Crippen molar-refractivity contribution in [2.75, 3.05) is 29.2 Å². The van der Waals surface area contributed by atoms with Gasteiger partial charge in [0, 0.05) is 23.5 Å². The molecule has 1 aliphatic heterocycles. The first-order chi connectivity index (χ1) is 21.3. The number of hydrogen-bond acceptors (Lipinski definition) is 5. The molecule has 4 aromatic carbocycles. The Balaban J connectivity index is 1.19. The second-order valence-corrected chi connectivity index (χ2v) is 10.3. The number of rotatable bonds is 10. The van der Waals surface area contributed by atoms with Gasteiger partial charge in [-0.2, -0.15) is 0 Å². The number of carboxylic acid groups (broad SMARTS) is 1. The summed E-state index contributed by atoms with van der Waals surface area (Å²) in [6.45, 7) is 0.593. The van der Waals surface area contributed by atoms with E-state index >= 15 is 0 Å². The van der Waals surface area contributed by atoms with E-state index in [1.807, 2.05) is 24.3 Å². The van der Waals surface area contributed by atoms with Crippen LogP contribution in [-0.4, -0.2) is 42.6 Å². The number of methoxy groups -OCH3 is 1. The number of nitrogens with one attached hydrogen (secondary N) is 3. The van der Waals surface area contributed by atoms with Gasteiger partial charge in [-0.25, -0.2) is 4.79 Å². The van der Waals surface area contributed by atoms with Crippen LogP contribution in [-0.2, 0) is 22.4 Å². The number of ether oxygens (including phenoxy) is 1. The van der Waals surface area contributed by atoms with E-state index in [1.54, 1.807) is 77.7 Å². The van der Waals surface area contributed by atoms with Gasteiger partial charge < -0.3 is 25.8 Å². The Morgan fingerprint density at radius 2 is 1.61 bits per heavy atom. The van der Waals surface area contributed by atoms with Crippen LogP contribution >= 0.6 is 0 Å². The van der Waals surface area contributed by atoms with Crippen LogP contribution in [0.3, 0.4) is 0 Å². The molecule has 0 bridgehead atoms. The minimum atomic E-state index is -1.05. The Bertz CT molecular complexity index is 1670. The number of urea groups is 1. The van der Waals surface area contributed by atoms with Gasteiger partial charge in [0.05, 0.1) is 31.7 Å². The molecule has 0 saturated carbocycles. The van der Waals surface area contributed by atoms with Crippen molar-refractivity contribution in [1.29, 1.82) is 0 Å². The number of nitrogens with zero attached hydrogens (tertiary/aromatic N) is 1. The fraction of sp³-hybridized carbons (Fsp3) is 0.176. The van der Waals surface area contributed by atoms with Gasteiger partial charge in [-0.05, 0) is 65.6 Å². The lowest BCUT2D eigenvalue weighted by atomic mass is 10.0. The minimum Gasteiger partial charge on any atom is -0.495 e. The normalized spacial score (nSPS) is 12.5. The molecule has 224 valence electrons. The summed E-state index contributed by atoms with van der Waals surface area (Å²) in [5, 5.41) is 17.9. The van der Waals surface area contributed by atoms with Crippen molar-refractivity contribution in [2.24, 2.45) is 0 Å². The topological polar surface area (TPSA) is 137 Å². The molecule has 0 saturated heterocycles. The molecule has 0 aromatic heterocycles. The van der Waals surface area contributed by atoms with Crippen LogP contribution < -0.4 is 25.6 Å². The van der Waals surface area contributed by atoms with Gasteiger partial charge in [0.25, 0.3) is 5.91 Å². The van der Waals surface area contributed by atoms with E-state index in [9.17, 15) is 24.3 Å². The van der Waals surface area contributed by atoms with E-state index < -0.39 is 12.0 Å². The number of hydrogen-bond donors (Lipinski definition) is 4. The third-order valence-corrected chi connectivity index (χ3v) is 7.32. The lowest BCUT2D eigenvalue weighted by molar-refractivity contribution is -0.137. The van der Waals surface area contributed by atoms with Crippen LogP contribution in [0.5, 0.6) is 5.75 Å². The van der Waals surface area contributed by atoms with Crippen molar-refractivity contribution in [1.82, 2.24) is 5.32 Å². The molecule has 1 atom stereocenters. The molecule has 0 spiro atoms. The van der Waals surface area contributed by atoms with E-state index in [4.69, 9.17) is 4.74 Å². The predicted octanol–water partition coefficient (Wildman–Crippen LogP) is 5.42. The third kappa shape index (κ3) is 7.22. The van der Waals surface area contributed by atoms with E-state index in [-0.39, 0.29) is 30.7 Å². The summed E-state index contributed by atoms with van der Waals surface area (Å²) in [5.41, 5.74) is 4.73. The molecular weight excluding hydrogens is 560 g/mol. The summed E-state index contributed by atoms with van der Waals surface area (Å²) in [4.78, 5) is 51.6. The van der Waals surface area contributed by atoms with Gasteiger partial charge in [-0.3, -0.25) is 19.3 Å². The Kier molecular flexibility index (Phi) is 9.19. The highest BCUT2D eigenvalue weighted by molar-refractivity contribution is 6.04. The molecule has 1 heterocycles. The van der Waals surface area contributed by atoms with Crippen molar-refractivity contribution in [2.45, 2.75) is 25.3 Å². The van der Waals surface area contributed by atoms with Crippen molar-refractivity contribution in [3.63, 3.8) is 0 Å². The maximum atomic E-state index is 13.0. The number of fused-ring (bicyclic) bond motifs is 1. The zero-order valence-electron chi connectivity index (χ0n) is 24.1. The molecule has 4 aromatic rings. The smallest absolute Gasteiger partial charge is 0.326 e. The van der Waals surface area contributed by atoms with E-state index in [1.165, 1.54) is 7.11 Å². The van der Waals surface area contributed by atoms with Gasteiger partial charge in [0.1, 0.15) is 5.75 Å². The summed E-state index contributed by atoms with van der Waals surface area (Å²) >= 11 is 0. The highest BCUT2D eigenvalue weighted by atomic mass is 16.5. The van der Waals surface area contributed by atoms with Gasteiger partial charge in [-0.1, -0.05) is 54.6 Å². The molecule has 0 aliphatic carbocycles. The highest BCUT2D eigenvalue weighted by Gasteiger charge is 2.25. The molecule has 0 fully saturated rings. The number of carbonyl (C=O) groups excluding carboxylic acids is 3. The van der Waals surface area contributed by atoms with Crippen molar-refractivity contribution < 1.29 is 29.0 Å². The van der Waals surface area contributed by atoms with Crippen LogP contribution in [0.4, 0.5) is 21.9 Å². The number of anilines is 3. The molecule has 10 nitrogen and oxygen atoms in total. The fourth-order valence-corrected chi connectivity index (χ4v) is 5.13. The van der Waals surface area contributed by atoms with Gasteiger partial charge >= 0.3 is 12.0 Å². The van der Waals surface area contributed by atoms with E-state index in [2.05, 4.69) is 16.0 Å². The number of carbonyl (C=O) groups is 4. The summed E-state index contributed by atoms with van der Waals surface area (Å²) in [6, 6.07) is 27.2. The SMILES string of the molecule is COc1cc(CC(=O)Nc2ccc(C(CC(=O)O)NC(=O)c3ccccc3)cc2)ccc1NC(=O)N1CCc2ccccc21. The number of carboxylic acids is 1. The Hall–Kier alpha value is -5.64. The van der Waals surface area contributed by atoms with E-state index in [0.29, 0.717) is 40.4 Å². The Labute approximate surface area is 254 Å². The fourth-order valence-electron chi connectivity index (χ4n) is 5.13. The molecule has 4 amide bonds. The van der Waals surface area contributed by atoms with Gasteiger partial charge in [-0.15, -0.1) is 0 Å². The number of para-hydroxylation sites is 1. The van der Waals surface area contributed by atoms with Crippen LogP contribution in [0.25, 0.3) is 0 Å². The predicted molar refractivity (Wildman–Crippen MR) is 167 cm³/mol. The lowest BCUT2D eigenvalue weighted by Crippen LogP contribution is -2.33. The monoisotopic (exact) mass is 592 g/mol. The van der Waals surface area contributed by atoms with Crippen LogP contribution in [0.15, 0.2) is 97.1 Å². The standard InChI is InChI=1S/C34H32N4O6/c1-44-30-19-22(11-16-27(30)37-34(43)38-18-17-24-7-5-6-10-29(24)38)20-31(39)35-26-14-12-23(13-15-26)28(21-32(40)41)36-33(42)25-8-3-2-4-9-25/h2-16,19,28H,17-18,20-21H2,1H3,(H,35,39)(H,36,42)(H,37,43)(H,40,41). The lowest BCUT2D eigenvalue weighted by Gasteiger charge is -2.19. The van der Waals surface area contributed by atoms with Gasteiger partial charge in [0.2, 0.25) is 5.91 Å². The zero-order valence-corrected chi connectivity index (χ0v) is 24.1. The molecule has 1 aliphatic rings. The third-order valence-electron chi connectivity index (χ3n) is 7.32. The van der Waals surface area contributed by atoms with Crippen LogP contribution in [0.2, 0.25) is 0 Å². The summed E-state index contributed by atoms with van der Waals surface area (Å²) in [7, 11) is 1.50. The number of amides is 4. The number of benzene rings is 4. The Morgan fingerprint density at radius 1 is 0.886 bits per heavy atom. The summed E-state index contributed by atoms with van der Waals surface area (Å²) in [5.74, 6) is -1.27. The second kappa shape index (κ2) is 13.6. The largest absolute Gasteiger partial charge is 0.495 e. The first-order valence-electron chi connectivity index (χ1n) is 14.1. The zero-order chi connectivity index (χ0) is 31.1. The van der Waals surface area contributed by atoms with Crippen molar-refractivity contribution >= 4 is 40.9 Å². The molecule has 44 heavy (non-hydrogen) atoms. The first-order valence-corrected chi connectivity index (χ1v) is 14.1. The Morgan fingerprint density at radius 3 is 2.34 bits per heavy atom. The second-order valence-electron chi connectivity index (χ2n) is 10.3. The first kappa shape index (κ1) is 29.8. The summed E-state index contributed by atoms with van der Waals surface area (Å²) < 4.78 is 5.50. The average Bonchev–Trinajstić information content (AvgIpc) is 3.46. The van der Waals surface area contributed by atoms with Crippen molar-refractivity contribution in [3.05, 3.63) is 119 Å². The van der Waals surface area contributed by atoms with Gasteiger partial charge in [0.15, 0.2) is 0 Å². The van der Waals surface area contributed by atoms with Crippen molar-refractivity contribution in [3.8, 4) is 5.75 Å². The molecule has 0 radical (unpaired) electrons. The molecular formula is C34H32N4O6. The maximum Gasteiger partial charge on any atom is 0.326 e. The average molecular weight is 593 g/mol. The minimum absolute atomic E-state index is 0.0562. The molecule has 5 rings (SSSR count). The number of aliphatic carboxylic acids is 1. The summed E-state index contributed by atoms with van der Waals surface area (Å²) in [6.07, 6.45) is 0.555. The van der Waals surface area contributed by atoms with E-state index in [0.717, 1.165) is 17.7 Å². The highest BCUT2D eigenvalue weighted by Crippen LogP contribution is 2.31. The molecule has 1 unspecified atom stereocenters.